The van der Waals surface area contributed by atoms with E-state index in [1.165, 1.54) is 41.7 Å². The monoisotopic (exact) mass is 509 g/mol. The van der Waals surface area contributed by atoms with Crippen LogP contribution in [0.2, 0.25) is 0 Å². The van der Waals surface area contributed by atoms with E-state index in [0.29, 0.717) is 48.8 Å². The van der Waals surface area contributed by atoms with Gasteiger partial charge in [-0.3, -0.25) is 4.79 Å². The van der Waals surface area contributed by atoms with Crippen LogP contribution in [-0.4, -0.2) is 63.5 Å². The largest absolute Gasteiger partial charge is 0.369 e. The summed E-state index contributed by atoms with van der Waals surface area (Å²) in [4.78, 5) is 28.0. The Kier molecular flexibility index (Phi) is 5.49. The van der Waals surface area contributed by atoms with Gasteiger partial charge in [-0.2, -0.15) is 0 Å². The van der Waals surface area contributed by atoms with Gasteiger partial charge in [0.05, 0.1) is 25.3 Å². The number of benzene rings is 2. The van der Waals surface area contributed by atoms with Crippen LogP contribution in [0.1, 0.15) is 35.8 Å². The first kappa shape index (κ1) is 20.1. The van der Waals surface area contributed by atoms with Gasteiger partial charge in [-0.05, 0) is 63.3 Å². The summed E-state index contributed by atoms with van der Waals surface area (Å²) in [5.74, 6) is -1.40. The fourth-order valence-corrected chi connectivity index (χ4v) is 4.25. The van der Waals surface area contributed by atoms with Gasteiger partial charge >= 0.3 is 0 Å². The number of aromatic nitrogens is 4. The molecule has 0 atom stereocenters. The highest BCUT2D eigenvalue weighted by Crippen LogP contribution is 2.32. The van der Waals surface area contributed by atoms with Crippen molar-refractivity contribution in [1.29, 1.82) is 0 Å². The number of aromatic amines is 1. The van der Waals surface area contributed by atoms with Crippen molar-refractivity contribution in [1.82, 2.24) is 24.4 Å². The average Bonchev–Trinajstić information content (AvgIpc) is 3.57. The minimum Gasteiger partial charge on any atom is -0.369 e. The van der Waals surface area contributed by atoms with E-state index in [9.17, 15) is 9.18 Å². The van der Waals surface area contributed by atoms with E-state index < -0.39 is 30.5 Å². The molecule has 1 fully saturated rings. The standard InChI is InChI=1S/C27H29F2N7O/c1-17(2)36-16-31-24(18-4-6-19(28)7-5-18)25(36)26-30-15-23(32-26)27(37)33-22-9-8-20(14-21(22)29)35-12-10-34(3)11-13-35/h4-9,14-17H,10-13H2,1-3H3,(H,30,32)(H,33,37)/i3D3,17D. The number of carbonyl (C=O) groups excluding carboxylic acids is 1. The van der Waals surface area contributed by atoms with Crippen molar-refractivity contribution in [2.24, 2.45) is 0 Å². The number of rotatable bonds is 6. The fraction of sp³-hybridized carbons (Fsp3) is 0.296. The van der Waals surface area contributed by atoms with Crippen molar-refractivity contribution >= 4 is 17.3 Å². The molecule has 2 N–H and O–H groups in total. The Morgan fingerprint density at radius 2 is 1.86 bits per heavy atom. The Hall–Kier alpha value is -4.05. The number of likely N-dealkylation sites (N-methyl/N-ethyl adjacent to an activating group) is 1. The number of nitrogens with one attached hydrogen (secondary N) is 2. The maximum atomic E-state index is 15.0. The lowest BCUT2D eigenvalue weighted by Gasteiger charge is -2.34. The molecule has 0 spiro atoms. The zero-order valence-electron chi connectivity index (χ0n) is 24.4. The number of piperazine rings is 1. The van der Waals surface area contributed by atoms with E-state index in [-0.39, 0.29) is 17.2 Å². The van der Waals surface area contributed by atoms with Gasteiger partial charge in [0.2, 0.25) is 0 Å². The first-order valence-electron chi connectivity index (χ1n) is 13.8. The molecule has 3 heterocycles. The number of hydrogen-bond donors (Lipinski definition) is 2. The Morgan fingerprint density at radius 3 is 2.54 bits per heavy atom. The summed E-state index contributed by atoms with van der Waals surface area (Å²) in [7, 11) is 0. The van der Waals surface area contributed by atoms with Crippen molar-refractivity contribution in [3.05, 3.63) is 72.3 Å². The lowest BCUT2D eigenvalue weighted by Crippen LogP contribution is -2.44. The lowest BCUT2D eigenvalue weighted by molar-refractivity contribution is 0.102. The van der Waals surface area contributed by atoms with E-state index in [1.54, 1.807) is 36.6 Å². The molecule has 2 aromatic heterocycles. The predicted molar refractivity (Wildman–Crippen MR) is 140 cm³/mol. The van der Waals surface area contributed by atoms with Crippen LogP contribution >= 0.6 is 0 Å². The number of carbonyl (C=O) groups is 1. The summed E-state index contributed by atoms with van der Waals surface area (Å²) < 4.78 is 61.3. The van der Waals surface area contributed by atoms with Gasteiger partial charge < -0.3 is 24.7 Å². The third-order valence-electron chi connectivity index (χ3n) is 6.26. The quantitative estimate of drug-likeness (QED) is 0.390. The minimum atomic E-state index is -2.16. The first-order chi connectivity index (χ1) is 19.3. The van der Waals surface area contributed by atoms with Gasteiger partial charge in [0.15, 0.2) is 5.82 Å². The molecule has 0 radical (unpaired) electrons. The number of imidazole rings is 2. The Morgan fingerprint density at radius 1 is 1.11 bits per heavy atom. The van der Waals surface area contributed by atoms with Crippen LogP contribution in [0.3, 0.4) is 0 Å². The lowest BCUT2D eigenvalue weighted by atomic mass is 10.1. The number of halogens is 2. The maximum Gasteiger partial charge on any atom is 0.273 e. The highest BCUT2D eigenvalue weighted by molar-refractivity contribution is 6.03. The van der Waals surface area contributed by atoms with Crippen molar-refractivity contribution < 1.29 is 19.1 Å². The number of hydrogen-bond acceptors (Lipinski definition) is 5. The van der Waals surface area contributed by atoms with E-state index in [2.05, 4.69) is 20.3 Å². The third-order valence-corrected chi connectivity index (χ3v) is 6.26. The second kappa shape index (κ2) is 10.1. The molecular formula is C27H29F2N7O. The summed E-state index contributed by atoms with van der Waals surface area (Å²) in [6, 6.07) is 9.07. The normalized spacial score (nSPS) is 16.6. The summed E-state index contributed by atoms with van der Waals surface area (Å²) in [6.07, 6.45) is 2.80. The molecule has 1 saturated heterocycles. The summed E-state index contributed by atoms with van der Waals surface area (Å²) in [6.45, 7) is 2.72. The van der Waals surface area contributed by atoms with Gasteiger partial charge in [0.1, 0.15) is 23.0 Å². The van der Waals surface area contributed by atoms with E-state index in [1.807, 2.05) is 4.90 Å². The maximum absolute atomic E-state index is 15.0. The predicted octanol–water partition coefficient (Wildman–Crippen LogP) is 4.80. The Labute approximate surface area is 219 Å². The van der Waals surface area contributed by atoms with Crippen LogP contribution in [0.15, 0.2) is 55.0 Å². The minimum absolute atomic E-state index is 0.0274. The van der Waals surface area contributed by atoms with Crippen LogP contribution in [0.4, 0.5) is 20.2 Å². The van der Waals surface area contributed by atoms with Crippen LogP contribution in [0, 0.1) is 11.6 Å². The summed E-state index contributed by atoms with van der Waals surface area (Å²) >= 11 is 0. The van der Waals surface area contributed by atoms with Crippen molar-refractivity contribution in [3.63, 3.8) is 0 Å². The zero-order chi connectivity index (χ0) is 29.5. The van der Waals surface area contributed by atoms with Gasteiger partial charge in [-0.15, -0.1) is 0 Å². The topological polar surface area (TPSA) is 82.1 Å². The molecule has 37 heavy (non-hydrogen) atoms. The van der Waals surface area contributed by atoms with Gasteiger partial charge in [0, 0.05) is 47.6 Å². The number of H-pyrrole nitrogens is 1. The molecule has 2 aromatic carbocycles. The van der Waals surface area contributed by atoms with Gasteiger partial charge in [-0.1, -0.05) is 0 Å². The fourth-order valence-electron chi connectivity index (χ4n) is 4.25. The number of anilines is 2. The second-order valence-electron chi connectivity index (χ2n) is 9.00. The molecule has 192 valence electrons. The molecule has 5 rings (SSSR count). The molecule has 0 unspecified atom stereocenters. The molecule has 0 aliphatic carbocycles. The number of amides is 1. The van der Waals surface area contributed by atoms with Crippen LogP contribution in [0.5, 0.6) is 0 Å². The SMILES string of the molecule is [2H]C([2H])([2H])N1CCN(c2ccc(NC(=O)c3cnc(-c4c(-c5ccc(F)cc5)ncn4C([2H])(C)C)[nH]3)c(F)c2)CC1. The molecule has 8 nitrogen and oxygen atoms in total. The smallest absolute Gasteiger partial charge is 0.273 e. The Balaban J connectivity index is 1.34. The molecule has 0 bridgehead atoms. The van der Waals surface area contributed by atoms with Crippen molar-refractivity contribution in [2.75, 3.05) is 43.4 Å². The van der Waals surface area contributed by atoms with Crippen molar-refractivity contribution in [3.8, 4) is 22.8 Å². The van der Waals surface area contributed by atoms with Crippen LogP contribution in [0.25, 0.3) is 22.8 Å². The molecule has 4 aromatic rings. The molecular weight excluding hydrogens is 476 g/mol. The van der Waals surface area contributed by atoms with Crippen LogP contribution in [-0.2, 0) is 0 Å². The van der Waals surface area contributed by atoms with E-state index in [4.69, 9.17) is 5.48 Å². The van der Waals surface area contributed by atoms with Crippen molar-refractivity contribution in [2.45, 2.75) is 19.9 Å². The molecule has 10 heteroatoms. The molecule has 1 aliphatic heterocycles. The highest BCUT2D eigenvalue weighted by Gasteiger charge is 2.22. The van der Waals surface area contributed by atoms with Crippen LogP contribution < -0.4 is 10.2 Å². The molecule has 0 saturated carbocycles. The van der Waals surface area contributed by atoms with Gasteiger partial charge in [-0.25, -0.2) is 18.7 Å². The summed E-state index contributed by atoms with van der Waals surface area (Å²) in [5, 5.41) is 2.55. The van der Waals surface area contributed by atoms with Gasteiger partial charge in [0.25, 0.3) is 5.91 Å². The third kappa shape index (κ3) is 5.10. The molecule has 1 amide bonds. The number of nitrogens with zero attached hydrogens (tertiary/aromatic N) is 5. The van der Waals surface area contributed by atoms with E-state index >= 15 is 4.39 Å². The highest BCUT2D eigenvalue weighted by atomic mass is 19.1. The van der Waals surface area contributed by atoms with E-state index in [0.717, 1.165) is 0 Å². The average molecular weight is 510 g/mol. The summed E-state index contributed by atoms with van der Waals surface area (Å²) in [5.41, 5.74) is 2.12. The Bertz CT molecular complexity index is 1550. The molecule has 1 aliphatic rings. The zero-order valence-corrected chi connectivity index (χ0v) is 20.4. The first-order valence-corrected chi connectivity index (χ1v) is 11.8. The second-order valence-corrected chi connectivity index (χ2v) is 9.00.